The summed E-state index contributed by atoms with van der Waals surface area (Å²) in [5.41, 5.74) is 0. The Morgan fingerprint density at radius 3 is 2.30 bits per heavy atom. The van der Waals surface area contributed by atoms with Crippen LogP contribution in [0.4, 0.5) is 0 Å². The molecule has 0 heterocycles. The van der Waals surface area contributed by atoms with Crippen molar-refractivity contribution in [1.29, 1.82) is 0 Å². The molecule has 0 amide bonds. The Balaban J connectivity index is 4.25. The predicted octanol–water partition coefficient (Wildman–Crippen LogP) is 0.947. The Morgan fingerprint density at radius 1 is 1.15 bits per heavy atom. The minimum Gasteiger partial charge on any atom is -0.465 e. The number of esters is 2. The number of carbonyl (C=O) groups is 2. The molecule has 1 atom stereocenters. The van der Waals surface area contributed by atoms with Crippen molar-refractivity contribution in [3.63, 3.8) is 0 Å². The van der Waals surface area contributed by atoms with Crippen molar-refractivity contribution in [1.82, 2.24) is 0 Å². The lowest BCUT2D eigenvalue weighted by molar-refractivity contribution is -0.432. The van der Waals surface area contributed by atoms with Gasteiger partial charge in [-0.2, -0.15) is 0 Å². The molecule has 0 aromatic rings. The van der Waals surface area contributed by atoms with E-state index >= 15 is 0 Å². The van der Waals surface area contributed by atoms with Gasteiger partial charge in [-0.3, -0.25) is 9.59 Å². The Bertz CT molecular complexity index is 382. The van der Waals surface area contributed by atoms with Gasteiger partial charge >= 0.3 is 11.9 Å². The molecule has 0 fully saturated rings. The number of ether oxygens (including phenoxy) is 2. The third-order valence-electron chi connectivity index (χ3n) is 1.80. The highest BCUT2D eigenvalue weighted by atomic mass is 32.2. The van der Waals surface area contributed by atoms with Gasteiger partial charge in [-0.1, -0.05) is 5.04 Å². The van der Waals surface area contributed by atoms with Crippen LogP contribution in [0, 0.1) is 24.7 Å². The Kier molecular flexibility index (Phi) is 11.3. The van der Waals surface area contributed by atoms with Gasteiger partial charge < -0.3 is 9.47 Å². The van der Waals surface area contributed by atoms with E-state index in [4.69, 9.17) is 27.6 Å². The first-order chi connectivity index (χ1) is 9.65. The van der Waals surface area contributed by atoms with Gasteiger partial charge in [-0.05, 0) is 0 Å². The number of hydrogen-bond donors (Lipinski definition) is 1. The molecule has 0 aliphatic rings. The molecule has 1 unspecified atom stereocenters. The van der Waals surface area contributed by atoms with Crippen molar-refractivity contribution >= 4 is 24.0 Å². The number of terminal acetylenes is 2. The van der Waals surface area contributed by atoms with Crippen molar-refractivity contribution in [2.75, 3.05) is 13.2 Å². The number of hydrogen-bond acceptors (Lipinski definition) is 8. The molecule has 7 nitrogen and oxygen atoms in total. The van der Waals surface area contributed by atoms with Gasteiger partial charge in [0.1, 0.15) is 18.5 Å². The van der Waals surface area contributed by atoms with E-state index in [1.54, 1.807) is 0 Å². The zero-order chi connectivity index (χ0) is 15.2. The average Bonchev–Trinajstić information content (AvgIpc) is 2.43. The van der Waals surface area contributed by atoms with Crippen LogP contribution >= 0.6 is 12.0 Å². The van der Waals surface area contributed by atoms with Gasteiger partial charge in [0.15, 0.2) is 0 Å². The van der Waals surface area contributed by atoms with Crippen LogP contribution in [-0.4, -0.2) is 35.7 Å². The quantitative estimate of drug-likeness (QED) is 0.159. The molecule has 0 radical (unpaired) electrons. The lowest BCUT2D eigenvalue weighted by atomic mass is 10.3. The highest BCUT2D eigenvalue weighted by Crippen LogP contribution is 2.18. The van der Waals surface area contributed by atoms with Crippen LogP contribution in [0.5, 0.6) is 0 Å². The van der Waals surface area contributed by atoms with Crippen LogP contribution in [0.1, 0.15) is 19.3 Å². The van der Waals surface area contributed by atoms with Crippen molar-refractivity contribution in [3.8, 4) is 24.7 Å². The summed E-state index contributed by atoms with van der Waals surface area (Å²) >= 11 is 0.416. The van der Waals surface area contributed by atoms with Crippen molar-refractivity contribution in [2.45, 2.75) is 24.5 Å². The summed E-state index contributed by atoms with van der Waals surface area (Å²) in [5, 5.41) is 10.4. The monoisotopic (exact) mass is 302 g/mol. The Morgan fingerprint density at radius 2 is 1.75 bits per heavy atom. The maximum Gasteiger partial charge on any atom is 0.322 e. The molecular formula is C12H14O7S. The molecule has 0 spiro atoms. The van der Waals surface area contributed by atoms with E-state index in [1.165, 1.54) is 0 Å². The zero-order valence-corrected chi connectivity index (χ0v) is 11.4. The molecule has 0 rings (SSSR count). The zero-order valence-electron chi connectivity index (χ0n) is 10.6. The van der Waals surface area contributed by atoms with Gasteiger partial charge in [-0.15, -0.1) is 29.0 Å². The molecule has 0 saturated carbocycles. The minimum absolute atomic E-state index is 0.0124. The number of carbonyl (C=O) groups excluding carboxylic acids is 2. The van der Waals surface area contributed by atoms with Crippen LogP contribution in [-0.2, 0) is 28.4 Å². The highest BCUT2D eigenvalue weighted by Gasteiger charge is 2.26. The smallest absolute Gasteiger partial charge is 0.322 e. The molecule has 0 aliphatic carbocycles. The van der Waals surface area contributed by atoms with Crippen LogP contribution < -0.4 is 0 Å². The summed E-state index contributed by atoms with van der Waals surface area (Å²) < 4.78 is 13.7. The van der Waals surface area contributed by atoms with Gasteiger partial charge in [0.2, 0.25) is 0 Å². The van der Waals surface area contributed by atoms with Crippen LogP contribution in [0.3, 0.4) is 0 Å². The molecule has 20 heavy (non-hydrogen) atoms. The second-order valence-corrected chi connectivity index (χ2v) is 4.13. The lowest BCUT2D eigenvalue weighted by Gasteiger charge is -2.12. The standard InChI is InChI=1S/C12H14O7S/c1-3-5-7-16-11(13)9-10(20-19-18-15)12(14)17-8-6-4-2/h1-2,10,15H,5-9H2. The van der Waals surface area contributed by atoms with Crippen molar-refractivity contribution in [3.05, 3.63) is 0 Å². The largest absolute Gasteiger partial charge is 0.465 e. The van der Waals surface area contributed by atoms with Gasteiger partial charge in [-0.25, -0.2) is 5.26 Å². The lowest BCUT2D eigenvalue weighted by Crippen LogP contribution is -2.25. The summed E-state index contributed by atoms with van der Waals surface area (Å²) in [5.74, 6) is 3.19. The summed E-state index contributed by atoms with van der Waals surface area (Å²) in [6.07, 6.45) is 10.2. The van der Waals surface area contributed by atoms with Gasteiger partial charge in [0, 0.05) is 12.8 Å². The van der Waals surface area contributed by atoms with Crippen LogP contribution in [0.15, 0.2) is 0 Å². The fourth-order valence-electron chi connectivity index (χ4n) is 0.959. The third kappa shape index (κ3) is 9.25. The van der Waals surface area contributed by atoms with Crippen LogP contribution in [0.2, 0.25) is 0 Å². The molecule has 0 aromatic carbocycles. The summed E-state index contributed by atoms with van der Waals surface area (Å²) in [6, 6.07) is 0. The second-order valence-electron chi connectivity index (χ2n) is 3.23. The van der Waals surface area contributed by atoms with Gasteiger partial charge in [0.05, 0.1) is 18.5 Å². The van der Waals surface area contributed by atoms with E-state index in [0.717, 1.165) is 0 Å². The maximum atomic E-state index is 11.6. The molecule has 0 saturated heterocycles. The molecule has 0 aliphatic heterocycles. The summed E-state index contributed by atoms with van der Waals surface area (Å²) in [6.45, 7) is 0.0642. The molecular weight excluding hydrogens is 288 g/mol. The van der Waals surface area contributed by atoms with E-state index in [2.05, 4.69) is 21.2 Å². The molecule has 0 bridgehead atoms. The second kappa shape index (κ2) is 12.3. The average molecular weight is 302 g/mol. The van der Waals surface area contributed by atoms with Crippen molar-refractivity contribution < 1.29 is 33.7 Å². The maximum absolute atomic E-state index is 11.6. The van der Waals surface area contributed by atoms with E-state index < -0.39 is 17.2 Å². The van der Waals surface area contributed by atoms with E-state index in [9.17, 15) is 9.59 Å². The van der Waals surface area contributed by atoms with E-state index in [0.29, 0.717) is 12.0 Å². The summed E-state index contributed by atoms with van der Waals surface area (Å²) in [4.78, 5) is 23.0. The molecule has 110 valence electrons. The number of rotatable bonds is 10. The highest BCUT2D eigenvalue weighted by molar-refractivity contribution is 7.95. The normalized spacial score (nSPS) is 10.9. The van der Waals surface area contributed by atoms with Crippen LogP contribution in [0.25, 0.3) is 0 Å². The topological polar surface area (TPSA) is 91.3 Å². The fourth-order valence-corrected chi connectivity index (χ4v) is 1.44. The molecule has 0 aromatic heterocycles. The minimum atomic E-state index is -1.06. The molecule has 8 heteroatoms. The predicted molar refractivity (Wildman–Crippen MR) is 69.6 cm³/mol. The first kappa shape index (κ1) is 18.3. The van der Waals surface area contributed by atoms with E-state index in [1.807, 2.05) is 0 Å². The fraction of sp³-hybridized carbons (Fsp3) is 0.500. The van der Waals surface area contributed by atoms with Gasteiger partial charge in [0.25, 0.3) is 0 Å². The first-order valence-corrected chi connectivity index (χ1v) is 6.29. The SMILES string of the molecule is C#CCCOC(=O)CC(SOOO)C(=O)OCCC#C. The first-order valence-electron chi connectivity index (χ1n) is 5.48. The Hall–Kier alpha value is -1.71. The Labute approximate surface area is 121 Å². The third-order valence-corrected chi connectivity index (χ3v) is 2.53. The summed E-state index contributed by atoms with van der Waals surface area (Å²) in [7, 11) is 0. The molecule has 1 N–H and O–H groups in total. The van der Waals surface area contributed by atoms with Crippen molar-refractivity contribution in [2.24, 2.45) is 0 Å². The van der Waals surface area contributed by atoms with E-state index in [-0.39, 0.29) is 32.5 Å².